The van der Waals surface area contributed by atoms with Gasteiger partial charge in [0, 0.05) is 35.5 Å². The highest BCUT2D eigenvalue weighted by Crippen LogP contribution is 2.34. The summed E-state index contributed by atoms with van der Waals surface area (Å²) in [5.74, 6) is 0.639. The lowest BCUT2D eigenvalue weighted by Gasteiger charge is -2.20. The van der Waals surface area contributed by atoms with Crippen LogP contribution in [0.3, 0.4) is 0 Å². The van der Waals surface area contributed by atoms with E-state index >= 15 is 0 Å². The average Bonchev–Trinajstić information content (AvgIpc) is 3.40. The van der Waals surface area contributed by atoms with Crippen LogP contribution in [0.4, 0.5) is 5.13 Å². The summed E-state index contributed by atoms with van der Waals surface area (Å²) in [7, 11) is 1.63. The van der Waals surface area contributed by atoms with E-state index in [0.717, 1.165) is 27.7 Å². The standard InChI is InChI=1S/C21H19BrN4O2S/c1-28-17-4-2-5-18-19(17)24-21(29-18)26(12-3-11-25-13-10-23-14-25)20(27)15-6-8-16(22)9-7-15/h2,4-10,13-14H,3,11-12H2,1H3. The van der Waals surface area contributed by atoms with Gasteiger partial charge in [0.1, 0.15) is 11.3 Å². The fraction of sp³-hybridized carbons (Fsp3) is 0.190. The van der Waals surface area contributed by atoms with Crippen LogP contribution < -0.4 is 9.64 Å². The Morgan fingerprint density at radius 1 is 1.24 bits per heavy atom. The minimum atomic E-state index is -0.0684. The first-order valence-electron chi connectivity index (χ1n) is 9.12. The van der Waals surface area contributed by atoms with E-state index in [1.807, 2.05) is 53.2 Å². The number of anilines is 1. The molecule has 2 aromatic carbocycles. The highest BCUT2D eigenvalue weighted by molar-refractivity contribution is 9.10. The normalized spacial score (nSPS) is 11.0. The number of hydrogen-bond donors (Lipinski definition) is 0. The molecule has 0 aliphatic carbocycles. The van der Waals surface area contributed by atoms with Crippen molar-refractivity contribution in [1.82, 2.24) is 14.5 Å². The molecule has 8 heteroatoms. The summed E-state index contributed by atoms with van der Waals surface area (Å²) in [4.78, 5) is 23.9. The number of methoxy groups -OCH3 is 1. The number of aryl methyl sites for hydroxylation is 1. The van der Waals surface area contributed by atoms with Crippen LogP contribution in [0, 0.1) is 0 Å². The zero-order valence-corrected chi connectivity index (χ0v) is 18.2. The molecule has 0 atom stereocenters. The van der Waals surface area contributed by atoms with Crippen molar-refractivity contribution in [2.75, 3.05) is 18.6 Å². The fourth-order valence-corrected chi connectivity index (χ4v) is 4.33. The SMILES string of the molecule is COc1cccc2sc(N(CCCn3ccnc3)C(=O)c3ccc(Br)cc3)nc12. The molecule has 0 unspecified atom stereocenters. The number of thiazole rings is 1. The van der Waals surface area contributed by atoms with Gasteiger partial charge in [0.15, 0.2) is 5.13 Å². The lowest BCUT2D eigenvalue weighted by atomic mass is 10.2. The van der Waals surface area contributed by atoms with Gasteiger partial charge in [-0.2, -0.15) is 0 Å². The molecule has 1 amide bonds. The maximum atomic E-state index is 13.3. The molecule has 2 heterocycles. The maximum absolute atomic E-state index is 13.3. The average molecular weight is 471 g/mol. The molecule has 29 heavy (non-hydrogen) atoms. The number of ether oxygens (including phenoxy) is 1. The number of hydrogen-bond acceptors (Lipinski definition) is 5. The number of fused-ring (bicyclic) bond motifs is 1. The van der Waals surface area contributed by atoms with E-state index in [1.54, 1.807) is 24.5 Å². The Morgan fingerprint density at radius 3 is 2.79 bits per heavy atom. The summed E-state index contributed by atoms with van der Waals surface area (Å²) in [5, 5.41) is 0.669. The molecule has 0 aliphatic rings. The zero-order chi connectivity index (χ0) is 20.2. The van der Waals surface area contributed by atoms with E-state index in [-0.39, 0.29) is 5.91 Å². The Morgan fingerprint density at radius 2 is 2.07 bits per heavy atom. The minimum absolute atomic E-state index is 0.0684. The molecule has 0 bridgehead atoms. The second-order valence-electron chi connectivity index (χ2n) is 6.42. The number of para-hydroxylation sites is 1. The first kappa shape index (κ1) is 19.6. The monoisotopic (exact) mass is 470 g/mol. The van der Waals surface area contributed by atoms with Gasteiger partial charge in [0.05, 0.1) is 18.1 Å². The van der Waals surface area contributed by atoms with Crippen molar-refractivity contribution in [2.24, 2.45) is 0 Å². The zero-order valence-electron chi connectivity index (χ0n) is 15.8. The van der Waals surface area contributed by atoms with Crippen molar-refractivity contribution < 1.29 is 9.53 Å². The predicted octanol–water partition coefficient (Wildman–Crippen LogP) is 5.00. The number of benzene rings is 2. The highest BCUT2D eigenvalue weighted by atomic mass is 79.9. The maximum Gasteiger partial charge on any atom is 0.260 e. The molecule has 4 aromatic rings. The summed E-state index contributed by atoms with van der Waals surface area (Å²) in [6.07, 6.45) is 6.24. The van der Waals surface area contributed by atoms with Gasteiger partial charge in [-0.3, -0.25) is 9.69 Å². The second-order valence-corrected chi connectivity index (χ2v) is 8.35. The first-order chi connectivity index (χ1) is 14.2. The third-order valence-electron chi connectivity index (χ3n) is 4.52. The first-order valence-corrected chi connectivity index (χ1v) is 10.7. The predicted molar refractivity (Wildman–Crippen MR) is 119 cm³/mol. The number of imidazole rings is 1. The lowest BCUT2D eigenvalue weighted by molar-refractivity contribution is 0.0986. The van der Waals surface area contributed by atoms with E-state index in [2.05, 4.69) is 20.9 Å². The molecule has 0 saturated heterocycles. The van der Waals surface area contributed by atoms with Gasteiger partial charge in [-0.05, 0) is 42.8 Å². The van der Waals surface area contributed by atoms with Gasteiger partial charge in [-0.25, -0.2) is 9.97 Å². The van der Waals surface area contributed by atoms with E-state index < -0.39 is 0 Å². The van der Waals surface area contributed by atoms with Crippen LogP contribution >= 0.6 is 27.3 Å². The molecule has 0 N–H and O–H groups in total. The molecule has 0 spiro atoms. The number of aromatic nitrogens is 3. The molecule has 0 fully saturated rings. The van der Waals surface area contributed by atoms with E-state index in [0.29, 0.717) is 23.0 Å². The van der Waals surface area contributed by atoms with Gasteiger partial charge >= 0.3 is 0 Å². The summed E-state index contributed by atoms with van der Waals surface area (Å²) < 4.78 is 9.36. The quantitative estimate of drug-likeness (QED) is 0.381. The molecule has 0 radical (unpaired) electrons. The molecular formula is C21H19BrN4O2S. The largest absolute Gasteiger partial charge is 0.494 e. The Labute approximate surface area is 180 Å². The third kappa shape index (κ3) is 4.33. The van der Waals surface area contributed by atoms with Crippen LogP contribution in [0.15, 0.2) is 65.7 Å². The number of carbonyl (C=O) groups excluding carboxylic acids is 1. The highest BCUT2D eigenvalue weighted by Gasteiger charge is 2.22. The van der Waals surface area contributed by atoms with Gasteiger partial charge in [0.2, 0.25) is 0 Å². The number of amides is 1. The van der Waals surface area contributed by atoms with E-state index in [1.165, 1.54) is 11.3 Å². The van der Waals surface area contributed by atoms with Gasteiger partial charge in [-0.15, -0.1) is 0 Å². The van der Waals surface area contributed by atoms with Crippen molar-refractivity contribution in [2.45, 2.75) is 13.0 Å². The van der Waals surface area contributed by atoms with Crippen molar-refractivity contribution in [1.29, 1.82) is 0 Å². The van der Waals surface area contributed by atoms with Crippen LogP contribution in [0.5, 0.6) is 5.75 Å². The number of halogens is 1. The van der Waals surface area contributed by atoms with Gasteiger partial charge in [-0.1, -0.05) is 33.3 Å². The molecule has 0 aliphatic heterocycles. The van der Waals surface area contributed by atoms with Crippen LogP contribution in [0.2, 0.25) is 0 Å². The number of carbonyl (C=O) groups is 1. The number of nitrogens with zero attached hydrogens (tertiary/aromatic N) is 4. The minimum Gasteiger partial charge on any atom is -0.494 e. The Balaban J connectivity index is 1.65. The second kappa shape index (κ2) is 8.75. The lowest BCUT2D eigenvalue weighted by Crippen LogP contribution is -2.32. The molecule has 2 aromatic heterocycles. The smallest absolute Gasteiger partial charge is 0.260 e. The Hall–Kier alpha value is -2.71. The summed E-state index contributed by atoms with van der Waals surface area (Å²) >= 11 is 4.92. The van der Waals surface area contributed by atoms with E-state index in [4.69, 9.17) is 9.72 Å². The van der Waals surface area contributed by atoms with Crippen LogP contribution in [0.1, 0.15) is 16.8 Å². The van der Waals surface area contributed by atoms with Crippen LogP contribution in [0.25, 0.3) is 10.2 Å². The fourth-order valence-electron chi connectivity index (χ4n) is 3.05. The van der Waals surface area contributed by atoms with Crippen molar-refractivity contribution in [3.8, 4) is 5.75 Å². The van der Waals surface area contributed by atoms with Crippen LogP contribution in [-0.4, -0.2) is 34.1 Å². The molecule has 6 nitrogen and oxygen atoms in total. The van der Waals surface area contributed by atoms with E-state index in [9.17, 15) is 4.79 Å². The molecular weight excluding hydrogens is 452 g/mol. The van der Waals surface area contributed by atoms with Gasteiger partial charge < -0.3 is 9.30 Å². The summed E-state index contributed by atoms with van der Waals surface area (Å²) in [6.45, 7) is 1.33. The molecule has 0 saturated carbocycles. The van der Waals surface area contributed by atoms with Crippen molar-refractivity contribution in [3.63, 3.8) is 0 Å². The topological polar surface area (TPSA) is 60.2 Å². The molecule has 148 valence electrons. The summed E-state index contributed by atoms with van der Waals surface area (Å²) in [5.41, 5.74) is 1.40. The Kier molecular flexibility index (Phi) is 5.92. The van der Waals surface area contributed by atoms with Gasteiger partial charge in [0.25, 0.3) is 5.91 Å². The molecule has 4 rings (SSSR count). The third-order valence-corrected chi connectivity index (χ3v) is 6.09. The summed E-state index contributed by atoms with van der Waals surface area (Å²) in [6, 6.07) is 13.2. The Bertz CT molecular complexity index is 1110. The number of rotatable bonds is 7. The van der Waals surface area contributed by atoms with Crippen molar-refractivity contribution in [3.05, 3.63) is 71.2 Å². The van der Waals surface area contributed by atoms with Crippen molar-refractivity contribution >= 4 is 48.5 Å². The van der Waals surface area contributed by atoms with Crippen LogP contribution in [-0.2, 0) is 6.54 Å².